The number of benzene rings is 2. The molecule has 2 aromatic carbocycles. The fraction of sp³-hybridized carbons (Fsp3) is 0.333. The van der Waals surface area contributed by atoms with Crippen LogP contribution in [-0.4, -0.2) is 51.9 Å². The molecule has 1 spiro atoms. The molecule has 7 heteroatoms. The van der Waals surface area contributed by atoms with Gasteiger partial charge in [-0.3, -0.25) is 9.59 Å². The molecule has 0 saturated carbocycles. The molecule has 0 atom stereocenters. The van der Waals surface area contributed by atoms with Crippen molar-refractivity contribution in [2.45, 2.75) is 17.7 Å². The number of amides is 2. The van der Waals surface area contributed by atoms with Crippen molar-refractivity contribution >= 4 is 35.2 Å². The van der Waals surface area contributed by atoms with E-state index in [1.54, 1.807) is 53.1 Å². The molecule has 0 bridgehead atoms. The van der Waals surface area contributed by atoms with Gasteiger partial charge in [-0.25, -0.2) is 4.39 Å². The van der Waals surface area contributed by atoms with Crippen LogP contribution in [0.1, 0.15) is 33.6 Å². The van der Waals surface area contributed by atoms with Gasteiger partial charge in [0.1, 0.15) is 5.82 Å². The smallest absolute Gasteiger partial charge is 0.254 e. The lowest BCUT2D eigenvalue weighted by atomic mass is 10.00. The maximum absolute atomic E-state index is 13.4. The fourth-order valence-corrected chi connectivity index (χ4v) is 5.50. The van der Waals surface area contributed by atoms with Gasteiger partial charge in [0.2, 0.25) is 0 Å². The van der Waals surface area contributed by atoms with E-state index in [0.29, 0.717) is 48.6 Å². The van der Waals surface area contributed by atoms with E-state index in [9.17, 15) is 14.0 Å². The largest absolute Gasteiger partial charge is 0.338 e. The summed E-state index contributed by atoms with van der Waals surface area (Å²) in [6, 6.07) is 12.7. The number of carbonyl (C=O) groups excluding carboxylic acids is 2. The normalized spacial score (nSPS) is 18.5. The molecule has 4 nitrogen and oxygen atoms in total. The maximum Gasteiger partial charge on any atom is 0.254 e. The van der Waals surface area contributed by atoms with E-state index >= 15 is 0 Å². The Kier molecular flexibility index (Phi) is 5.34. The molecule has 0 aromatic heterocycles. The monoisotopic (exact) mass is 418 g/mol. The summed E-state index contributed by atoms with van der Waals surface area (Å²) in [5.74, 6) is 0.321. The van der Waals surface area contributed by atoms with Crippen LogP contribution >= 0.6 is 23.4 Å². The predicted molar refractivity (Wildman–Crippen MR) is 109 cm³/mol. The van der Waals surface area contributed by atoms with Crippen molar-refractivity contribution in [3.63, 3.8) is 0 Å². The molecule has 4 rings (SSSR count). The molecule has 2 fully saturated rings. The van der Waals surface area contributed by atoms with Crippen LogP contribution in [0.4, 0.5) is 4.39 Å². The Morgan fingerprint density at radius 3 is 2.36 bits per heavy atom. The first kappa shape index (κ1) is 19.3. The number of hydrogen-bond acceptors (Lipinski definition) is 3. The topological polar surface area (TPSA) is 40.6 Å². The van der Waals surface area contributed by atoms with Crippen LogP contribution in [0.25, 0.3) is 0 Å². The summed E-state index contributed by atoms with van der Waals surface area (Å²) in [5.41, 5.74) is 0.994. The van der Waals surface area contributed by atoms with Crippen LogP contribution in [0, 0.1) is 5.82 Å². The van der Waals surface area contributed by atoms with E-state index in [4.69, 9.17) is 11.6 Å². The molecule has 2 amide bonds. The predicted octanol–water partition coefficient (Wildman–Crippen LogP) is 4.30. The highest BCUT2D eigenvalue weighted by atomic mass is 35.5. The van der Waals surface area contributed by atoms with Crippen molar-refractivity contribution in [1.82, 2.24) is 9.80 Å². The number of piperidine rings is 1. The molecule has 2 aromatic rings. The SMILES string of the molecule is O=C(c1cccc(F)c1)N1CCC2(CC1)SCCN2C(=O)c1ccc(Cl)cc1. The number of carbonyl (C=O) groups is 2. The fourth-order valence-electron chi connectivity index (χ4n) is 3.92. The highest BCUT2D eigenvalue weighted by Gasteiger charge is 2.47. The Balaban J connectivity index is 1.47. The minimum atomic E-state index is -0.412. The Labute approximate surface area is 172 Å². The molecule has 2 aliphatic heterocycles. The van der Waals surface area contributed by atoms with Crippen LogP contribution in [-0.2, 0) is 0 Å². The lowest BCUT2D eigenvalue weighted by Gasteiger charge is -2.44. The molecule has 2 aliphatic rings. The summed E-state index contributed by atoms with van der Waals surface area (Å²) < 4.78 is 13.4. The Bertz CT molecular complexity index is 898. The summed E-state index contributed by atoms with van der Waals surface area (Å²) in [5, 5.41) is 0.603. The highest BCUT2D eigenvalue weighted by Crippen LogP contribution is 2.44. The van der Waals surface area contributed by atoms with Gasteiger partial charge in [0.25, 0.3) is 11.8 Å². The lowest BCUT2D eigenvalue weighted by molar-refractivity contribution is 0.0497. The second-order valence-electron chi connectivity index (χ2n) is 7.06. The van der Waals surface area contributed by atoms with Crippen LogP contribution in [0.5, 0.6) is 0 Å². The molecule has 146 valence electrons. The van der Waals surface area contributed by atoms with Crippen LogP contribution in [0.2, 0.25) is 5.02 Å². The van der Waals surface area contributed by atoms with E-state index in [1.807, 2.05) is 4.90 Å². The molecule has 0 unspecified atom stereocenters. The first-order chi connectivity index (χ1) is 13.5. The van der Waals surface area contributed by atoms with Gasteiger partial charge in [0, 0.05) is 41.5 Å². The van der Waals surface area contributed by atoms with E-state index in [-0.39, 0.29) is 16.7 Å². The second kappa shape index (κ2) is 7.76. The average molecular weight is 419 g/mol. The van der Waals surface area contributed by atoms with Crippen molar-refractivity contribution in [2.24, 2.45) is 0 Å². The Morgan fingerprint density at radius 2 is 1.68 bits per heavy atom. The molecule has 0 aliphatic carbocycles. The standard InChI is InChI=1S/C21H20ClFN2O2S/c22-17-6-4-15(5-7-17)20(27)25-12-13-28-21(25)8-10-24(11-9-21)19(26)16-2-1-3-18(23)14-16/h1-7,14H,8-13H2. The van der Waals surface area contributed by atoms with Gasteiger partial charge in [-0.2, -0.15) is 0 Å². The summed E-state index contributed by atoms with van der Waals surface area (Å²) in [4.78, 5) is 29.2. The molecule has 2 saturated heterocycles. The lowest BCUT2D eigenvalue weighted by Crippen LogP contribution is -2.53. The van der Waals surface area contributed by atoms with Crippen LogP contribution in [0.15, 0.2) is 48.5 Å². The summed E-state index contributed by atoms with van der Waals surface area (Å²) in [6.45, 7) is 1.80. The summed E-state index contributed by atoms with van der Waals surface area (Å²) in [6.07, 6.45) is 1.41. The molecule has 2 heterocycles. The number of hydrogen-bond donors (Lipinski definition) is 0. The van der Waals surface area contributed by atoms with Gasteiger partial charge in [0.15, 0.2) is 0 Å². The van der Waals surface area contributed by atoms with Crippen LogP contribution in [0.3, 0.4) is 0 Å². The van der Waals surface area contributed by atoms with E-state index < -0.39 is 5.82 Å². The van der Waals surface area contributed by atoms with Gasteiger partial charge in [-0.05, 0) is 55.3 Å². The minimum absolute atomic E-state index is 0.00609. The number of halogens is 2. The zero-order chi connectivity index (χ0) is 19.7. The average Bonchev–Trinajstić information content (AvgIpc) is 3.11. The molecular weight excluding hydrogens is 399 g/mol. The number of likely N-dealkylation sites (tertiary alicyclic amines) is 1. The van der Waals surface area contributed by atoms with Crippen molar-refractivity contribution in [2.75, 3.05) is 25.4 Å². The first-order valence-electron chi connectivity index (χ1n) is 9.25. The Hall–Kier alpha value is -2.05. The van der Waals surface area contributed by atoms with Gasteiger partial charge < -0.3 is 9.80 Å². The van der Waals surface area contributed by atoms with Gasteiger partial charge in [0.05, 0.1) is 4.87 Å². The van der Waals surface area contributed by atoms with Crippen molar-refractivity contribution < 1.29 is 14.0 Å². The highest BCUT2D eigenvalue weighted by molar-refractivity contribution is 8.00. The maximum atomic E-state index is 13.4. The first-order valence-corrected chi connectivity index (χ1v) is 10.6. The van der Waals surface area contributed by atoms with Gasteiger partial charge in [-0.15, -0.1) is 11.8 Å². The third-order valence-corrected chi connectivity index (χ3v) is 7.22. The zero-order valence-corrected chi connectivity index (χ0v) is 16.8. The minimum Gasteiger partial charge on any atom is -0.338 e. The molecule has 0 radical (unpaired) electrons. The van der Waals surface area contributed by atoms with Gasteiger partial charge in [-0.1, -0.05) is 17.7 Å². The number of thioether (sulfide) groups is 1. The third kappa shape index (κ3) is 3.63. The van der Waals surface area contributed by atoms with Gasteiger partial charge >= 0.3 is 0 Å². The van der Waals surface area contributed by atoms with Crippen molar-refractivity contribution in [3.05, 3.63) is 70.5 Å². The molecule has 0 N–H and O–H groups in total. The van der Waals surface area contributed by atoms with E-state index in [0.717, 1.165) is 5.75 Å². The number of rotatable bonds is 2. The third-order valence-electron chi connectivity index (χ3n) is 5.42. The zero-order valence-electron chi connectivity index (χ0n) is 15.2. The molecule has 28 heavy (non-hydrogen) atoms. The van der Waals surface area contributed by atoms with Crippen molar-refractivity contribution in [1.29, 1.82) is 0 Å². The van der Waals surface area contributed by atoms with E-state index in [2.05, 4.69) is 0 Å². The van der Waals surface area contributed by atoms with Crippen LogP contribution < -0.4 is 0 Å². The quantitative estimate of drug-likeness (QED) is 0.730. The Morgan fingerprint density at radius 1 is 0.964 bits per heavy atom. The second-order valence-corrected chi connectivity index (χ2v) is 8.95. The van der Waals surface area contributed by atoms with Crippen molar-refractivity contribution in [3.8, 4) is 0 Å². The van der Waals surface area contributed by atoms with E-state index in [1.165, 1.54) is 12.1 Å². The summed E-state index contributed by atoms with van der Waals surface area (Å²) >= 11 is 7.73. The number of nitrogens with zero attached hydrogens (tertiary/aromatic N) is 2. The summed E-state index contributed by atoms with van der Waals surface area (Å²) in [7, 11) is 0. The molecular formula is C21H20ClFN2O2S.